The maximum absolute atomic E-state index is 5.67. The fourth-order valence-corrected chi connectivity index (χ4v) is 2.59. The fraction of sp³-hybridized carbons (Fsp3) is 0.533. The van der Waals surface area contributed by atoms with Crippen LogP contribution >= 0.6 is 0 Å². The Morgan fingerprint density at radius 2 is 2.00 bits per heavy atom. The lowest BCUT2D eigenvalue weighted by molar-refractivity contribution is -0.0538. The van der Waals surface area contributed by atoms with E-state index in [-0.39, 0.29) is 6.10 Å². The normalized spacial score (nSPS) is 23.3. The van der Waals surface area contributed by atoms with Crippen LogP contribution in [0.2, 0.25) is 0 Å². The van der Waals surface area contributed by atoms with Crippen molar-refractivity contribution in [3.63, 3.8) is 0 Å². The van der Waals surface area contributed by atoms with Crippen molar-refractivity contribution in [3.05, 3.63) is 41.7 Å². The summed E-state index contributed by atoms with van der Waals surface area (Å²) in [6.07, 6.45) is 0.264. The summed E-state index contributed by atoms with van der Waals surface area (Å²) in [7, 11) is 0. The number of aromatic nitrogens is 4. The fourth-order valence-electron chi connectivity index (χ4n) is 2.59. The van der Waals surface area contributed by atoms with Gasteiger partial charge in [0.15, 0.2) is 5.82 Å². The van der Waals surface area contributed by atoms with E-state index in [1.807, 2.05) is 22.9 Å². The maximum atomic E-state index is 5.67. The average Bonchev–Trinajstić information content (AvgIpc) is 2.91. The molecule has 0 aliphatic carbocycles. The number of rotatable bonds is 4. The third-order valence-corrected chi connectivity index (χ3v) is 3.86. The van der Waals surface area contributed by atoms with E-state index in [2.05, 4.69) is 46.4 Å². The Kier molecular flexibility index (Phi) is 4.26. The molecule has 112 valence electrons. The van der Waals surface area contributed by atoms with Crippen LogP contribution in [-0.2, 0) is 17.8 Å². The highest BCUT2D eigenvalue weighted by atomic mass is 16.5. The van der Waals surface area contributed by atoms with Crippen molar-refractivity contribution in [1.82, 2.24) is 25.1 Å². The minimum atomic E-state index is 0.264. The monoisotopic (exact) mass is 287 g/mol. The summed E-state index contributed by atoms with van der Waals surface area (Å²) < 4.78 is 7.54. The number of hydrogen-bond donors (Lipinski definition) is 0. The number of ether oxygens (including phenoxy) is 1. The Morgan fingerprint density at radius 3 is 2.81 bits per heavy atom. The van der Waals surface area contributed by atoms with Gasteiger partial charge in [0.25, 0.3) is 0 Å². The molecule has 1 aliphatic heterocycles. The Morgan fingerprint density at radius 1 is 1.19 bits per heavy atom. The first kappa shape index (κ1) is 14.2. The van der Waals surface area contributed by atoms with E-state index < -0.39 is 0 Å². The van der Waals surface area contributed by atoms with Crippen LogP contribution in [0.3, 0.4) is 0 Å². The van der Waals surface area contributed by atoms with E-state index in [1.165, 1.54) is 5.56 Å². The number of benzene rings is 1. The van der Waals surface area contributed by atoms with Gasteiger partial charge in [-0.15, -0.1) is 5.10 Å². The molecule has 0 bridgehead atoms. The predicted molar refractivity (Wildman–Crippen MR) is 78.6 cm³/mol. The highest BCUT2D eigenvalue weighted by Gasteiger charge is 2.25. The summed E-state index contributed by atoms with van der Waals surface area (Å²) in [6.45, 7) is 7.43. The Balaban J connectivity index is 1.70. The van der Waals surface area contributed by atoms with Gasteiger partial charge >= 0.3 is 0 Å². The summed E-state index contributed by atoms with van der Waals surface area (Å²) in [5.41, 5.74) is 1.20. The molecule has 1 aliphatic rings. The molecule has 2 atom stereocenters. The molecular weight excluding hydrogens is 266 g/mol. The summed E-state index contributed by atoms with van der Waals surface area (Å²) in [5.74, 6) is 0.903. The Hall–Kier alpha value is -1.79. The van der Waals surface area contributed by atoms with Gasteiger partial charge in [0, 0.05) is 12.6 Å². The molecule has 0 amide bonds. The highest BCUT2D eigenvalue weighted by molar-refractivity contribution is 5.14. The highest BCUT2D eigenvalue weighted by Crippen LogP contribution is 2.14. The minimum Gasteiger partial charge on any atom is -0.376 e. The summed E-state index contributed by atoms with van der Waals surface area (Å²) >= 11 is 0. The molecule has 0 unspecified atom stereocenters. The first-order valence-corrected chi connectivity index (χ1v) is 7.37. The number of morpholine rings is 1. The average molecular weight is 287 g/mol. The first-order valence-electron chi connectivity index (χ1n) is 7.37. The molecule has 1 aromatic carbocycles. The predicted octanol–water partition coefficient (Wildman–Crippen LogP) is 1.33. The van der Waals surface area contributed by atoms with Gasteiger partial charge in [0.2, 0.25) is 0 Å². The number of tetrazole rings is 1. The van der Waals surface area contributed by atoms with Crippen LogP contribution in [-0.4, -0.2) is 50.4 Å². The lowest BCUT2D eigenvalue weighted by Crippen LogP contribution is -2.47. The summed E-state index contributed by atoms with van der Waals surface area (Å²) in [6, 6.07) is 10.6. The van der Waals surface area contributed by atoms with Crippen LogP contribution < -0.4 is 0 Å². The largest absolute Gasteiger partial charge is 0.376 e. The zero-order chi connectivity index (χ0) is 14.7. The van der Waals surface area contributed by atoms with Gasteiger partial charge in [0.1, 0.15) is 0 Å². The molecule has 2 aromatic rings. The standard InChI is InChI=1S/C15H21N5O/c1-12-11-21-13(2)8-19(12)10-15-16-17-18-20(15)9-14-6-4-3-5-7-14/h3-7,12-13H,8-11H2,1-2H3/t12-,13+/m0/s1. The SMILES string of the molecule is C[C@@H]1CN(Cc2nnnn2Cc2ccccc2)[C@@H](C)CO1. The molecular formula is C15H21N5O. The molecule has 1 fully saturated rings. The van der Waals surface area contributed by atoms with Crippen molar-refractivity contribution in [2.45, 2.75) is 39.1 Å². The van der Waals surface area contributed by atoms with E-state index >= 15 is 0 Å². The van der Waals surface area contributed by atoms with Crippen molar-refractivity contribution in [2.75, 3.05) is 13.2 Å². The molecule has 0 saturated carbocycles. The van der Waals surface area contributed by atoms with Gasteiger partial charge in [0.05, 0.1) is 25.8 Å². The zero-order valence-corrected chi connectivity index (χ0v) is 12.5. The molecule has 1 aromatic heterocycles. The second-order valence-electron chi connectivity index (χ2n) is 5.66. The number of hydrogen-bond acceptors (Lipinski definition) is 5. The molecule has 0 radical (unpaired) electrons. The van der Waals surface area contributed by atoms with Crippen molar-refractivity contribution >= 4 is 0 Å². The lowest BCUT2D eigenvalue weighted by Gasteiger charge is -2.36. The van der Waals surface area contributed by atoms with Crippen LogP contribution in [0, 0.1) is 0 Å². The van der Waals surface area contributed by atoms with Crippen LogP contribution in [0.15, 0.2) is 30.3 Å². The van der Waals surface area contributed by atoms with Gasteiger partial charge in [-0.25, -0.2) is 4.68 Å². The molecule has 0 N–H and O–H groups in total. The van der Waals surface area contributed by atoms with Crippen molar-refractivity contribution < 1.29 is 4.74 Å². The third kappa shape index (κ3) is 3.46. The molecule has 6 nitrogen and oxygen atoms in total. The van der Waals surface area contributed by atoms with E-state index in [0.717, 1.165) is 25.5 Å². The van der Waals surface area contributed by atoms with E-state index in [0.29, 0.717) is 12.6 Å². The second kappa shape index (κ2) is 6.32. The molecule has 2 heterocycles. The van der Waals surface area contributed by atoms with Crippen LogP contribution in [0.5, 0.6) is 0 Å². The quantitative estimate of drug-likeness (QED) is 0.849. The molecule has 6 heteroatoms. The molecule has 21 heavy (non-hydrogen) atoms. The van der Waals surface area contributed by atoms with Gasteiger partial charge in [-0.3, -0.25) is 4.90 Å². The topological polar surface area (TPSA) is 56.1 Å². The first-order chi connectivity index (χ1) is 10.2. The van der Waals surface area contributed by atoms with Gasteiger partial charge in [-0.05, 0) is 29.8 Å². The van der Waals surface area contributed by atoms with Gasteiger partial charge < -0.3 is 4.74 Å². The van der Waals surface area contributed by atoms with Crippen LogP contribution in [0.4, 0.5) is 0 Å². The molecule has 3 rings (SSSR count). The van der Waals surface area contributed by atoms with Crippen molar-refractivity contribution in [3.8, 4) is 0 Å². The van der Waals surface area contributed by atoms with Crippen LogP contribution in [0.1, 0.15) is 25.2 Å². The molecule has 1 saturated heterocycles. The Bertz CT molecular complexity index is 570. The van der Waals surface area contributed by atoms with Crippen LogP contribution in [0.25, 0.3) is 0 Å². The van der Waals surface area contributed by atoms with Crippen molar-refractivity contribution in [2.24, 2.45) is 0 Å². The van der Waals surface area contributed by atoms with E-state index in [4.69, 9.17) is 4.74 Å². The van der Waals surface area contributed by atoms with Gasteiger partial charge in [-0.2, -0.15) is 0 Å². The maximum Gasteiger partial charge on any atom is 0.165 e. The lowest BCUT2D eigenvalue weighted by atomic mass is 10.2. The van der Waals surface area contributed by atoms with Crippen molar-refractivity contribution in [1.29, 1.82) is 0 Å². The smallest absolute Gasteiger partial charge is 0.165 e. The summed E-state index contributed by atoms with van der Waals surface area (Å²) in [5, 5.41) is 12.1. The van der Waals surface area contributed by atoms with E-state index in [1.54, 1.807) is 0 Å². The van der Waals surface area contributed by atoms with Gasteiger partial charge in [-0.1, -0.05) is 30.3 Å². The zero-order valence-electron chi connectivity index (χ0n) is 12.5. The van der Waals surface area contributed by atoms with E-state index in [9.17, 15) is 0 Å². The Labute approximate surface area is 124 Å². The minimum absolute atomic E-state index is 0.264. The second-order valence-corrected chi connectivity index (χ2v) is 5.66. The summed E-state index contributed by atoms with van der Waals surface area (Å²) in [4.78, 5) is 2.38. The third-order valence-electron chi connectivity index (χ3n) is 3.86. The molecule has 0 spiro atoms. The number of nitrogens with zero attached hydrogens (tertiary/aromatic N) is 5.